The molecule has 0 radical (unpaired) electrons. The highest BCUT2D eigenvalue weighted by molar-refractivity contribution is 7.85. The Morgan fingerprint density at radius 2 is 2.17 bits per heavy atom. The van der Waals surface area contributed by atoms with Crippen LogP contribution in [0.1, 0.15) is 5.69 Å². The molecule has 10 heteroatoms. The molecule has 0 saturated carbocycles. The van der Waals surface area contributed by atoms with Gasteiger partial charge in [-0.25, -0.2) is 9.07 Å². The second-order valence-corrected chi connectivity index (χ2v) is 7.48. The number of nitrogens with one attached hydrogen (secondary N) is 1. The van der Waals surface area contributed by atoms with Crippen LogP contribution in [0, 0.1) is 5.82 Å². The van der Waals surface area contributed by atoms with Gasteiger partial charge in [0.1, 0.15) is 11.5 Å². The van der Waals surface area contributed by atoms with Crippen LogP contribution in [0.3, 0.4) is 0 Å². The van der Waals surface area contributed by atoms with Crippen molar-refractivity contribution in [1.29, 1.82) is 0 Å². The molecule has 3 rings (SSSR count). The molecule has 128 valence electrons. The lowest BCUT2D eigenvalue weighted by atomic mass is 10.2. The van der Waals surface area contributed by atoms with Gasteiger partial charge < -0.3 is 16.0 Å². The molecule has 0 spiro atoms. The highest BCUT2D eigenvalue weighted by Gasteiger charge is 2.18. The van der Waals surface area contributed by atoms with Gasteiger partial charge in [0.05, 0.1) is 24.1 Å². The van der Waals surface area contributed by atoms with Gasteiger partial charge in [0.15, 0.2) is 5.11 Å². The van der Waals surface area contributed by atoms with E-state index in [-0.39, 0.29) is 10.9 Å². The zero-order valence-corrected chi connectivity index (χ0v) is 14.4. The molecule has 1 aliphatic heterocycles. The molecule has 7 nitrogen and oxygen atoms in total. The maximum Gasteiger partial charge on any atom is 0.163 e. The first-order chi connectivity index (χ1) is 11.5. The third-order valence-electron chi connectivity index (χ3n) is 3.70. The van der Waals surface area contributed by atoms with E-state index in [2.05, 4.69) is 15.6 Å². The Kier molecular flexibility index (Phi) is 5.05. The summed E-state index contributed by atoms with van der Waals surface area (Å²) in [7, 11) is -0.789. The van der Waals surface area contributed by atoms with Gasteiger partial charge in [0, 0.05) is 41.5 Å². The fourth-order valence-electron chi connectivity index (χ4n) is 2.46. The molecule has 0 unspecified atom stereocenters. The molecule has 1 fully saturated rings. The molecular weight excluding hydrogens is 351 g/mol. The van der Waals surface area contributed by atoms with Crippen LogP contribution in [-0.4, -0.2) is 48.9 Å². The van der Waals surface area contributed by atoms with Crippen molar-refractivity contribution >= 4 is 33.8 Å². The van der Waals surface area contributed by atoms with Crippen molar-refractivity contribution in [3.8, 4) is 5.69 Å². The molecule has 2 heterocycles. The summed E-state index contributed by atoms with van der Waals surface area (Å²) in [5.41, 5.74) is 7.10. The van der Waals surface area contributed by atoms with Crippen LogP contribution in [0.2, 0.25) is 0 Å². The summed E-state index contributed by atoms with van der Waals surface area (Å²) in [5, 5.41) is 10.9. The number of benzene rings is 1. The van der Waals surface area contributed by atoms with E-state index in [4.69, 9.17) is 18.0 Å². The zero-order valence-electron chi connectivity index (χ0n) is 12.8. The molecule has 1 saturated heterocycles. The van der Waals surface area contributed by atoms with Gasteiger partial charge in [0.25, 0.3) is 0 Å². The molecular formula is C14H17FN6OS2. The maximum absolute atomic E-state index is 14.5. The van der Waals surface area contributed by atoms with Crippen LogP contribution in [0.5, 0.6) is 0 Å². The van der Waals surface area contributed by atoms with E-state index in [1.165, 1.54) is 10.7 Å². The lowest BCUT2D eigenvalue weighted by Gasteiger charge is -2.28. The molecule has 0 amide bonds. The van der Waals surface area contributed by atoms with E-state index in [0.29, 0.717) is 48.2 Å². The van der Waals surface area contributed by atoms with Crippen molar-refractivity contribution in [2.45, 2.75) is 6.54 Å². The zero-order chi connectivity index (χ0) is 17.1. The second-order valence-electron chi connectivity index (χ2n) is 5.34. The SMILES string of the molecule is NC(=S)NCc1cn(-c2ccc(N3CCS(=O)CC3)c(F)c2)nn1. The number of hydrogen-bond acceptors (Lipinski definition) is 5. The highest BCUT2D eigenvalue weighted by atomic mass is 32.2. The molecule has 0 aliphatic carbocycles. The van der Waals surface area contributed by atoms with Crippen LogP contribution < -0.4 is 16.0 Å². The highest BCUT2D eigenvalue weighted by Crippen LogP contribution is 2.23. The largest absolute Gasteiger partial charge is 0.376 e. The lowest BCUT2D eigenvalue weighted by Crippen LogP contribution is -2.38. The number of nitrogens with zero attached hydrogens (tertiary/aromatic N) is 4. The van der Waals surface area contributed by atoms with Crippen molar-refractivity contribution in [3.63, 3.8) is 0 Å². The molecule has 1 aliphatic rings. The number of halogens is 1. The van der Waals surface area contributed by atoms with Gasteiger partial charge in [-0.3, -0.25) is 4.21 Å². The molecule has 2 aromatic rings. The maximum atomic E-state index is 14.5. The summed E-state index contributed by atoms with van der Waals surface area (Å²) in [6.07, 6.45) is 1.68. The third-order valence-corrected chi connectivity index (χ3v) is 5.12. The molecule has 1 aromatic carbocycles. The fraction of sp³-hybridized carbons (Fsp3) is 0.357. The first kappa shape index (κ1) is 16.8. The summed E-state index contributed by atoms with van der Waals surface area (Å²) in [5.74, 6) is 0.811. The summed E-state index contributed by atoms with van der Waals surface area (Å²) >= 11 is 4.73. The van der Waals surface area contributed by atoms with Crippen LogP contribution in [0.15, 0.2) is 24.4 Å². The third kappa shape index (κ3) is 3.88. The molecule has 24 heavy (non-hydrogen) atoms. The second kappa shape index (κ2) is 7.22. The summed E-state index contributed by atoms with van der Waals surface area (Å²) in [6, 6.07) is 4.91. The van der Waals surface area contributed by atoms with Crippen LogP contribution in [0.4, 0.5) is 10.1 Å². The predicted octanol–water partition coefficient (Wildman–Crippen LogP) is 0.308. The molecule has 0 atom stereocenters. The minimum atomic E-state index is -0.789. The Balaban J connectivity index is 1.74. The lowest BCUT2D eigenvalue weighted by molar-refractivity contribution is 0.614. The Bertz CT molecular complexity index is 770. The monoisotopic (exact) mass is 368 g/mol. The van der Waals surface area contributed by atoms with Gasteiger partial charge in [-0.2, -0.15) is 0 Å². The van der Waals surface area contributed by atoms with E-state index in [1.807, 2.05) is 4.90 Å². The van der Waals surface area contributed by atoms with E-state index >= 15 is 0 Å². The molecule has 3 N–H and O–H groups in total. The van der Waals surface area contributed by atoms with Crippen molar-refractivity contribution in [2.75, 3.05) is 29.5 Å². The van der Waals surface area contributed by atoms with Gasteiger partial charge in [-0.15, -0.1) is 5.10 Å². The standard InChI is InChI=1S/C14H17FN6OS2/c15-12-7-11(21-9-10(18-19-21)8-17-14(16)23)1-2-13(12)20-3-5-24(22)6-4-20/h1-2,7,9H,3-6,8H2,(H3,16,17,23). The van der Waals surface area contributed by atoms with Gasteiger partial charge in [-0.1, -0.05) is 5.21 Å². The quantitative estimate of drug-likeness (QED) is 0.751. The Labute approximate surface area is 146 Å². The van der Waals surface area contributed by atoms with Crippen LogP contribution >= 0.6 is 12.2 Å². The van der Waals surface area contributed by atoms with Gasteiger partial charge in [-0.05, 0) is 24.4 Å². The van der Waals surface area contributed by atoms with E-state index in [0.717, 1.165) is 0 Å². The van der Waals surface area contributed by atoms with Gasteiger partial charge in [0.2, 0.25) is 0 Å². The number of hydrogen-bond donors (Lipinski definition) is 2. The number of nitrogens with two attached hydrogens (primary N) is 1. The number of aromatic nitrogens is 3. The Morgan fingerprint density at radius 3 is 2.83 bits per heavy atom. The Hall–Kier alpha value is -2.07. The minimum absolute atomic E-state index is 0.183. The van der Waals surface area contributed by atoms with Crippen LogP contribution in [0.25, 0.3) is 5.69 Å². The topological polar surface area (TPSA) is 89.1 Å². The smallest absolute Gasteiger partial charge is 0.163 e. The van der Waals surface area contributed by atoms with Crippen molar-refractivity contribution < 1.29 is 8.60 Å². The summed E-state index contributed by atoms with van der Waals surface area (Å²) < 4.78 is 27.4. The first-order valence-electron chi connectivity index (χ1n) is 7.37. The number of anilines is 1. The average Bonchev–Trinajstić information content (AvgIpc) is 3.03. The normalized spacial score (nSPS) is 15.5. The van der Waals surface area contributed by atoms with E-state index in [9.17, 15) is 8.60 Å². The number of thiocarbonyl (C=S) groups is 1. The predicted molar refractivity (Wildman–Crippen MR) is 95.0 cm³/mol. The first-order valence-corrected chi connectivity index (χ1v) is 9.27. The van der Waals surface area contributed by atoms with Crippen LogP contribution in [-0.2, 0) is 17.3 Å². The van der Waals surface area contributed by atoms with Crippen molar-refractivity contribution in [1.82, 2.24) is 20.3 Å². The Morgan fingerprint density at radius 1 is 1.42 bits per heavy atom. The van der Waals surface area contributed by atoms with E-state index < -0.39 is 10.8 Å². The molecule has 0 bridgehead atoms. The van der Waals surface area contributed by atoms with E-state index in [1.54, 1.807) is 18.3 Å². The fourth-order valence-corrected chi connectivity index (χ4v) is 3.58. The van der Waals surface area contributed by atoms with Crippen molar-refractivity contribution in [3.05, 3.63) is 35.9 Å². The number of rotatable bonds is 4. The summed E-state index contributed by atoms with van der Waals surface area (Å²) in [6.45, 7) is 1.56. The average molecular weight is 368 g/mol. The van der Waals surface area contributed by atoms with Gasteiger partial charge >= 0.3 is 0 Å². The van der Waals surface area contributed by atoms with Crippen molar-refractivity contribution in [2.24, 2.45) is 5.73 Å². The minimum Gasteiger partial charge on any atom is -0.376 e. The molecule has 1 aromatic heterocycles. The summed E-state index contributed by atoms with van der Waals surface area (Å²) in [4.78, 5) is 1.92.